The number of carbonyl (C=O) groups is 2. The van der Waals surface area contributed by atoms with E-state index in [9.17, 15) is 9.59 Å². The molecule has 0 N–H and O–H groups in total. The molecule has 0 radical (unpaired) electrons. The molecule has 0 atom stereocenters. The number of aromatic nitrogens is 2. The van der Waals surface area contributed by atoms with Crippen LogP contribution in [0.4, 0.5) is 5.95 Å². The van der Waals surface area contributed by atoms with E-state index in [4.69, 9.17) is 9.47 Å². The van der Waals surface area contributed by atoms with Gasteiger partial charge in [0.05, 0.1) is 19.8 Å². The van der Waals surface area contributed by atoms with Crippen LogP contribution < -0.4 is 14.4 Å². The third kappa shape index (κ3) is 3.67. The van der Waals surface area contributed by atoms with Gasteiger partial charge < -0.3 is 19.3 Å². The predicted octanol–water partition coefficient (Wildman–Crippen LogP) is 1.42. The topological polar surface area (TPSA) is 88.1 Å². The minimum atomic E-state index is -0.288. The van der Waals surface area contributed by atoms with Crippen LogP contribution in [0.2, 0.25) is 0 Å². The van der Waals surface area contributed by atoms with E-state index in [2.05, 4.69) is 14.9 Å². The number of amides is 2. The minimum Gasteiger partial charge on any atom is -0.493 e. The molecule has 1 saturated heterocycles. The first-order valence-corrected chi connectivity index (χ1v) is 10.2. The maximum Gasteiger partial charge on any atom is 0.277 e. The normalized spacial score (nSPS) is 16.9. The molecule has 0 saturated carbocycles. The summed E-state index contributed by atoms with van der Waals surface area (Å²) in [6, 6.07) is 7.06. The second-order valence-electron chi connectivity index (χ2n) is 7.17. The van der Waals surface area contributed by atoms with Crippen molar-refractivity contribution in [2.75, 3.05) is 51.8 Å². The third-order valence-corrected chi connectivity index (χ3v) is 5.56. The van der Waals surface area contributed by atoms with E-state index in [1.165, 1.54) is 4.90 Å². The van der Waals surface area contributed by atoms with E-state index < -0.39 is 0 Å². The summed E-state index contributed by atoms with van der Waals surface area (Å²) in [4.78, 5) is 40.3. The molecular formula is C22H25N5O4. The number of anilines is 1. The Morgan fingerprint density at radius 1 is 0.903 bits per heavy atom. The average molecular weight is 423 g/mol. The van der Waals surface area contributed by atoms with Gasteiger partial charge in [-0.2, -0.15) is 0 Å². The number of ether oxygens (including phenoxy) is 2. The Morgan fingerprint density at radius 2 is 1.55 bits per heavy atom. The van der Waals surface area contributed by atoms with Crippen LogP contribution in [0.1, 0.15) is 12.5 Å². The Morgan fingerprint density at radius 3 is 2.16 bits per heavy atom. The molecule has 0 spiro atoms. The Kier molecular flexibility index (Phi) is 5.75. The summed E-state index contributed by atoms with van der Waals surface area (Å²) in [5.41, 5.74) is 1.47. The molecule has 0 unspecified atom stereocenters. The molecule has 1 fully saturated rings. The number of carbonyl (C=O) groups excluding carboxylic acids is 2. The van der Waals surface area contributed by atoms with Gasteiger partial charge in [-0.05, 0) is 30.7 Å². The van der Waals surface area contributed by atoms with Crippen LogP contribution in [-0.2, 0) is 9.59 Å². The summed E-state index contributed by atoms with van der Waals surface area (Å²) in [6.45, 7) is 4.59. The number of hydrogen-bond donors (Lipinski definition) is 0. The van der Waals surface area contributed by atoms with E-state index in [-0.39, 0.29) is 11.8 Å². The zero-order chi connectivity index (χ0) is 22.0. The van der Waals surface area contributed by atoms with Crippen LogP contribution in [0.5, 0.6) is 11.5 Å². The molecule has 9 heteroatoms. The molecular weight excluding hydrogens is 398 g/mol. The zero-order valence-electron chi connectivity index (χ0n) is 17.9. The van der Waals surface area contributed by atoms with Crippen molar-refractivity contribution in [3.63, 3.8) is 0 Å². The van der Waals surface area contributed by atoms with E-state index in [1.54, 1.807) is 57.8 Å². The molecule has 0 aliphatic carbocycles. The Balaban J connectivity index is 1.68. The number of likely N-dealkylation sites (N-methyl/N-ethyl adjacent to an activating group) is 1. The zero-order valence-corrected chi connectivity index (χ0v) is 17.9. The predicted molar refractivity (Wildman–Crippen MR) is 115 cm³/mol. The molecule has 162 valence electrons. The number of hydrogen-bond acceptors (Lipinski definition) is 8. The minimum absolute atomic E-state index is 0.262. The number of nitrogens with zero attached hydrogens (tertiary/aromatic N) is 5. The largest absolute Gasteiger partial charge is 0.493 e. The van der Waals surface area contributed by atoms with Gasteiger partial charge in [0.1, 0.15) is 5.70 Å². The molecule has 1 aromatic carbocycles. The Labute approximate surface area is 180 Å². The molecule has 0 bridgehead atoms. The van der Waals surface area contributed by atoms with Gasteiger partial charge in [0, 0.05) is 45.1 Å². The summed E-state index contributed by atoms with van der Waals surface area (Å²) in [5, 5.41) is 0. The van der Waals surface area contributed by atoms with Crippen molar-refractivity contribution in [1.29, 1.82) is 0 Å². The second-order valence-corrected chi connectivity index (χ2v) is 7.17. The summed E-state index contributed by atoms with van der Waals surface area (Å²) < 4.78 is 10.7. The van der Waals surface area contributed by atoms with Crippen LogP contribution in [-0.4, -0.2) is 78.5 Å². The molecule has 9 nitrogen and oxygen atoms in total. The standard InChI is InChI=1S/C22H25N5O4/c1-4-27-20(28)18(15-6-7-16(30-2)17(14-15)31-3)19(21(27)29)25-10-12-26(13-11-25)22-23-8-5-9-24-22/h5-9,14H,4,10-13H2,1-3H3. The van der Waals surface area contributed by atoms with Crippen molar-refractivity contribution in [2.24, 2.45) is 0 Å². The van der Waals surface area contributed by atoms with Crippen molar-refractivity contribution in [2.45, 2.75) is 6.92 Å². The highest BCUT2D eigenvalue weighted by Gasteiger charge is 2.41. The molecule has 1 aromatic heterocycles. The number of imide groups is 1. The van der Waals surface area contributed by atoms with Crippen LogP contribution >= 0.6 is 0 Å². The highest BCUT2D eigenvalue weighted by molar-refractivity contribution is 6.35. The summed E-state index contributed by atoms with van der Waals surface area (Å²) in [6.07, 6.45) is 3.43. The molecule has 3 heterocycles. The van der Waals surface area contributed by atoms with Crippen LogP contribution in [0, 0.1) is 0 Å². The monoisotopic (exact) mass is 423 g/mol. The maximum atomic E-state index is 13.2. The van der Waals surface area contributed by atoms with E-state index in [0.29, 0.717) is 67.0 Å². The molecule has 2 amide bonds. The van der Waals surface area contributed by atoms with Gasteiger partial charge >= 0.3 is 0 Å². The molecule has 2 aromatic rings. The van der Waals surface area contributed by atoms with Crippen LogP contribution in [0.3, 0.4) is 0 Å². The van der Waals surface area contributed by atoms with Gasteiger partial charge in [-0.15, -0.1) is 0 Å². The van der Waals surface area contributed by atoms with Crippen molar-refractivity contribution in [1.82, 2.24) is 19.8 Å². The van der Waals surface area contributed by atoms with Crippen molar-refractivity contribution in [3.8, 4) is 11.5 Å². The number of methoxy groups -OCH3 is 2. The van der Waals surface area contributed by atoms with Gasteiger partial charge in [0.25, 0.3) is 11.8 Å². The number of benzene rings is 1. The fraction of sp³-hybridized carbons (Fsp3) is 0.364. The smallest absolute Gasteiger partial charge is 0.277 e. The van der Waals surface area contributed by atoms with Gasteiger partial charge in [-0.1, -0.05) is 6.07 Å². The third-order valence-electron chi connectivity index (χ3n) is 5.56. The average Bonchev–Trinajstić information content (AvgIpc) is 3.08. The van der Waals surface area contributed by atoms with Gasteiger partial charge in [-0.3, -0.25) is 14.5 Å². The fourth-order valence-corrected chi connectivity index (χ4v) is 3.98. The lowest BCUT2D eigenvalue weighted by Gasteiger charge is -2.36. The SMILES string of the molecule is CCN1C(=O)C(c2ccc(OC)c(OC)c2)=C(N2CCN(c3ncccn3)CC2)C1=O. The Hall–Kier alpha value is -3.62. The highest BCUT2D eigenvalue weighted by Crippen LogP contribution is 2.36. The summed E-state index contributed by atoms with van der Waals surface area (Å²) in [7, 11) is 3.10. The van der Waals surface area contributed by atoms with Gasteiger partial charge in [0.2, 0.25) is 5.95 Å². The van der Waals surface area contributed by atoms with E-state index in [0.717, 1.165) is 0 Å². The highest BCUT2D eigenvalue weighted by atomic mass is 16.5. The number of piperazine rings is 1. The van der Waals surface area contributed by atoms with Crippen molar-refractivity contribution >= 4 is 23.3 Å². The Bertz CT molecular complexity index is 1020. The van der Waals surface area contributed by atoms with E-state index in [1.807, 2.05) is 4.90 Å². The fourth-order valence-electron chi connectivity index (χ4n) is 3.98. The molecule has 2 aliphatic heterocycles. The molecule has 31 heavy (non-hydrogen) atoms. The second kappa shape index (κ2) is 8.63. The van der Waals surface area contributed by atoms with Crippen molar-refractivity contribution in [3.05, 3.63) is 47.9 Å². The van der Waals surface area contributed by atoms with E-state index >= 15 is 0 Å². The van der Waals surface area contributed by atoms with Crippen LogP contribution in [0.25, 0.3) is 5.57 Å². The first kappa shape index (κ1) is 20.6. The lowest BCUT2D eigenvalue weighted by Crippen LogP contribution is -2.48. The lowest BCUT2D eigenvalue weighted by atomic mass is 10.0. The number of rotatable bonds is 6. The van der Waals surface area contributed by atoms with Gasteiger partial charge in [0.15, 0.2) is 11.5 Å². The maximum absolute atomic E-state index is 13.2. The summed E-state index contributed by atoms with van der Waals surface area (Å²) in [5.74, 6) is 1.19. The first-order valence-electron chi connectivity index (χ1n) is 10.2. The quantitative estimate of drug-likeness (QED) is 0.645. The van der Waals surface area contributed by atoms with Crippen LogP contribution in [0.15, 0.2) is 42.4 Å². The van der Waals surface area contributed by atoms with Crippen molar-refractivity contribution < 1.29 is 19.1 Å². The first-order chi connectivity index (χ1) is 15.1. The summed E-state index contributed by atoms with van der Waals surface area (Å²) >= 11 is 0. The molecule has 2 aliphatic rings. The lowest BCUT2D eigenvalue weighted by molar-refractivity contribution is -0.137. The molecule has 4 rings (SSSR count). The van der Waals surface area contributed by atoms with Gasteiger partial charge in [-0.25, -0.2) is 9.97 Å².